The van der Waals surface area contributed by atoms with Gasteiger partial charge in [0, 0.05) is 5.69 Å². The molecule has 0 fully saturated rings. The second-order valence-electron chi connectivity index (χ2n) is 6.09. The van der Waals surface area contributed by atoms with E-state index < -0.39 is 13.6 Å². The van der Waals surface area contributed by atoms with Crippen molar-refractivity contribution < 1.29 is 18.4 Å². The standard InChI is InChI=1S/C20H27N2O4P/c1-3-25-27(24,26-4-2)15-17-10-12-18(13-11-17)22-20(23)19(21)14-16-8-6-5-7-9-16/h5-13,19H,3-4,14-15,21H2,1-2H3,(H,22,23)/t19-/m0/s1. The largest absolute Gasteiger partial charge is 0.335 e. The van der Waals surface area contributed by atoms with Crippen LogP contribution in [0.2, 0.25) is 0 Å². The second kappa shape index (κ2) is 10.4. The zero-order valence-electron chi connectivity index (χ0n) is 15.8. The first-order valence-electron chi connectivity index (χ1n) is 9.03. The molecule has 0 bridgehead atoms. The zero-order valence-corrected chi connectivity index (χ0v) is 16.7. The van der Waals surface area contributed by atoms with Crippen LogP contribution in [0, 0.1) is 0 Å². The second-order valence-corrected chi connectivity index (χ2v) is 8.14. The predicted molar refractivity (Wildman–Crippen MR) is 108 cm³/mol. The Kier molecular flexibility index (Phi) is 8.20. The van der Waals surface area contributed by atoms with E-state index in [0.717, 1.165) is 11.1 Å². The maximum Gasteiger partial charge on any atom is 0.335 e. The van der Waals surface area contributed by atoms with E-state index in [2.05, 4.69) is 5.32 Å². The number of hydrogen-bond donors (Lipinski definition) is 2. The smallest absolute Gasteiger partial charge is 0.325 e. The normalized spacial score (nSPS) is 12.6. The minimum Gasteiger partial charge on any atom is -0.325 e. The van der Waals surface area contributed by atoms with Crippen molar-refractivity contribution in [2.75, 3.05) is 18.5 Å². The Morgan fingerprint density at radius 3 is 2.15 bits per heavy atom. The van der Waals surface area contributed by atoms with Gasteiger partial charge in [0.05, 0.1) is 25.4 Å². The highest BCUT2D eigenvalue weighted by Crippen LogP contribution is 2.51. The molecule has 0 unspecified atom stereocenters. The Balaban J connectivity index is 1.94. The summed E-state index contributed by atoms with van der Waals surface area (Å²) in [4.78, 5) is 12.3. The van der Waals surface area contributed by atoms with Gasteiger partial charge in [-0.1, -0.05) is 42.5 Å². The number of anilines is 1. The molecule has 1 atom stereocenters. The third-order valence-corrected chi connectivity index (χ3v) is 5.94. The van der Waals surface area contributed by atoms with Gasteiger partial charge < -0.3 is 20.1 Å². The van der Waals surface area contributed by atoms with Crippen LogP contribution in [-0.4, -0.2) is 25.2 Å². The first-order chi connectivity index (χ1) is 13.0. The van der Waals surface area contributed by atoms with Crippen LogP contribution in [0.3, 0.4) is 0 Å². The number of carbonyl (C=O) groups is 1. The molecule has 7 heteroatoms. The fourth-order valence-corrected chi connectivity index (χ4v) is 4.34. The summed E-state index contributed by atoms with van der Waals surface area (Å²) in [6.45, 7) is 4.21. The van der Waals surface area contributed by atoms with Crippen molar-refractivity contribution in [1.82, 2.24) is 0 Å². The highest BCUT2D eigenvalue weighted by molar-refractivity contribution is 7.53. The molecule has 0 saturated carbocycles. The highest BCUT2D eigenvalue weighted by atomic mass is 31.2. The number of amides is 1. The average Bonchev–Trinajstić information content (AvgIpc) is 2.64. The van der Waals surface area contributed by atoms with E-state index >= 15 is 0 Å². The number of benzene rings is 2. The highest BCUT2D eigenvalue weighted by Gasteiger charge is 2.24. The number of nitrogens with two attached hydrogens (primary N) is 1. The minimum atomic E-state index is -3.15. The monoisotopic (exact) mass is 390 g/mol. The van der Waals surface area contributed by atoms with E-state index in [4.69, 9.17) is 14.8 Å². The van der Waals surface area contributed by atoms with Crippen LogP contribution >= 0.6 is 7.60 Å². The zero-order chi connectivity index (χ0) is 19.7. The van der Waals surface area contributed by atoms with Gasteiger partial charge in [-0.25, -0.2) is 0 Å². The Labute approximate surface area is 160 Å². The maximum absolute atomic E-state index is 12.6. The summed E-state index contributed by atoms with van der Waals surface area (Å²) in [6, 6.07) is 16.1. The number of carbonyl (C=O) groups excluding carboxylic acids is 1. The van der Waals surface area contributed by atoms with Crippen molar-refractivity contribution >= 4 is 19.2 Å². The van der Waals surface area contributed by atoms with E-state index in [1.165, 1.54) is 0 Å². The van der Waals surface area contributed by atoms with Gasteiger partial charge in [-0.3, -0.25) is 9.36 Å². The van der Waals surface area contributed by atoms with Crippen LogP contribution in [0.4, 0.5) is 5.69 Å². The van der Waals surface area contributed by atoms with E-state index in [-0.39, 0.29) is 12.1 Å². The molecule has 0 aliphatic rings. The van der Waals surface area contributed by atoms with Crippen molar-refractivity contribution in [3.8, 4) is 0 Å². The molecule has 0 radical (unpaired) electrons. The molecule has 2 rings (SSSR count). The van der Waals surface area contributed by atoms with Gasteiger partial charge in [-0.05, 0) is 43.5 Å². The molecule has 27 heavy (non-hydrogen) atoms. The van der Waals surface area contributed by atoms with Crippen LogP contribution < -0.4 is 11.1 Å². The molecule has 0 aliphatic carbocycles. The summed E-state index contributed by atoms with van der Waals surface area (Å²) in [6.07, 6.45) is 0.660. The first-order valence-corrected chi connectivity index (χ1v) is 10.8. The topological polar surface area (TPSA) is 90.7 Å². The lowest BCUT2D eigenvalue weighted by atomic mass is 10.1. The van der Waals surface area contributed by atoms with Gasteiger partial charge in [-0.2, -0.15) is 0 Å². The molecule has 0 spiro atoms. The van der Waals surface area contributed by atoms with Crippen LogP contribution in [0.5, 0.6) is 0 Å². The maximum atomic E-state index is 12.6. The molecule has 0 aliphatic heterocycles. The fraction of sp³-hybridized carbons (Fsp3) is 0.350. The van der Waals surface area contributed by atoms with Crippen LogP contribution in [0.15, 0.2) is 54.6 Å². The summed E-state index contributed by atoms with van der Waals surface area (Å²) in [7, 11) is -3.15. The Morgan fingerprint density at radius 1 is 1.00 bits per heavy atom. The Morgan fingerprint density at radius 2 is 1.59 bits per heavy atom. The van der Waals surface area contributed by atoms with Gasteiger partial charge in [0.1, 0.15) is 0 Å². The lowest BCUT2D eigenvalue weighted by Crippen LogP contribution is -2.37. The molecular weight excluding hydrogens is 363 g/mol. The Hall–Kier alpha value is -1.98. The lowest BCUT2D eigenvalue weighted by molar-refractivity contribution is -0.117. The SMILES string of the molecule is CCOP(=O)(Cc1ccc(NC(=O)[C@@H](N)Cc2ccccc2)cc1)OCC. The van der Waals surface area contributed by atoms with Gasteiger partial charge >= 0.3 is 7.60 Å². The molecule has 0 saturated heterocycles. The lowest BCUT2D eigenvalue weighted by Gasteiger charge is -2.17. The molecule has 0 heterocycles. The quantitative estimate of drug-likeness (QED) is 0.599. The van der Waals surface area contributed by atoms with Crippen molar-refractivity contribution in [3.05, 3.63) is 65.7 Å². The summed E-state index contributed by atoms with van der Waals surface area (Å²) in [5, 5.41) is 2.81. The first kappa shape index (κ1) is 21.3. The van der Waals surface area contributed by atoms with Crippen LogP contribution in [0.1, 0.15) is 25.0 Å². The average molecular weight is 390 g/mol. The van der Waals surface area contributed by atoms with Crippen molar-refractivity contribution in [2.24, 2.45) is 5.73 Å². The van der Waals surface area contributed by atoms with E-state index in [1.807, 2.05) is 30.3 Å². The molecule has 2 aromatic carbocycles. The predicted octanol–water partition coefficient (Wildman–Crippen LogP) is 3.96. The third-order valence-electron chi connectivity index (χ3n) is 3.88. The fourth-order valence-electron chi connectivity index (χ4n) is 2.63. The minimum absolute atomic E-state index is 0.191. The van der Waals surface area contributed by atoms with Crippen LogP contribution in [-0.2, 0) is 31.0 Å². The molecule has 6 nitrogen and oxygen atoms in total. The van der Waals surface area contributed by atoms with Crippen LogP contribution in [0.25, 0.3) is 0 Å². The van der Waals surface area contributed by atoms with Gasteiger partial charge in [0.2, 0.25) is 5.91 Å². The van der Waals surface area contributed by atoms with E-state index in [9.17, 15) is 9.36 Å². The molecule has 3 N–H and O–H groups in total. The van der Waals surface area contributed by atoms with E-state index in [0.29, 0.717) is 25.3 Å². The summed E-state index contributed by atoms with van der Waals surface area (Å²) in [5.74, 6) is -0.249. The molecule has 146 valence electrons. The van der Waals surface area contributed by atoms with Gasteiger partial charge in [0.25, 0.3) is 0 Å². The molecule has 0 aromatic heterocycles. The number of rotatable bonds is 10. The summed E-state index contributed by atoms with van der Waals surface area (Å²) >= 11 is 0. The van der Waals surface area contributed by atoms with Crippen molar-refractivity contribution in [1.29, 1.82) is 0 Å². The molecule has 2 aromatic rings. The number of nitrogens with one attached hydrogen (secondary N) is 1. The van der Waals surface area contributed by atoms with E-state index in [1.54, 1.807) is 38.1 Å². The summed E-state index contributed by atoms with van der Waals surface area (Å²) < 4.78 is 23.2. The van der Waals surface area contributed by atoms with Gasteiger partial charge in [0.15, 0.2) is 0 Å². The van der Waals surface area contributed by atoms with Gasteiger partial charge in [-0.15, -0.1) is 0 Å². The third kappa shape index (κ3) is 6.92. The van der Waals surface area contributed by atoms with Crippen molar-refractivity contribution in [3.63, 3.8) is 0 Å². The van der Waals surface area contributed by atoms with Crippen molar-refractivity contribution in [2.45, 2.75) is 32.5 Å². The molecular formula is C20H27N2O4P. The molecule has 1 amide bonds. The number of hydrogen-bond acceptors (Lipinski definition) is 5. The summed E-state index contributed by atoms with van der Waals surface area (Å²) in [5.41, 5.74) is 8.45. The Bertz CT molecular complexity index is 755.